The molecule has 0 radical (unpaired) electrons. The van der Waals surface area contributed by atoms with Crippen LogP contribution in [0.2, 0.25) is 0 Å². The van der Waals surface area contributed by atoms with E-state index < -0.39 is 0 Å². The van der Waals surface area contributed by atoms with Crippen molar-refractivity contribution < 1.29 is 9.31 Å². The minimum atomic E-state index is -0.316. The Morgan fingerprint density at radius 1 is 1.24 bits per heavy atom. The number of hydrogen-bond acceptors (Lipinski definition) is 4. The predicted octanol–water partition coefficient (Wildman–Crippen LogP) is 3.30. The number of hydrogen-bond donors (Lipinski definition) is 1. The third kappa shape index (κ3) is 3.14. The molecule has 2 heterocycles. The highest BCUT2D eigenvalue weighted by Gasteiger charge is 2.50. The highest BCUT2D eigenvalue weighted by Crippen LogP contribution is 2.37. The highest BCUT2D eigenvalue weighted by atomic mass is 16.7. The van der Waals surface area contributed by atoms with E-state index in [1.54, 1.807) is 0 Å². The lowest BCUT2D eigenvalue weighted by atomic mass is 9.89. The molecule has 112 valence electrons. The number of nitrogens with one attached hydrogen (secondary N) is 1. The molecular weight excluding hydrogens is 263 g/mol. The van der Waals surface area contributed by atoms with Gasteiger partial charge in [-0.05, 0) is 52.7 Å². The van der Waals surface area contributed by atoms with E-state index in [9.17, 15) is 0 Å². The van der Waals surface area contributed by atoms with Crippen molar-refractivity contribution in [3.63, 3.8) is 0 Å². The molecule has 1 aromatic heterocycles. The van der Waals surface area contributed by atoms with Crippen LogP contribution >= 0.6 is 0 Å². The van der Waals surface area contributed by atoms with Crippen LogP contribution in [0.5, 0.6) is 0 Å². The third-order valence-electron chi connectivity index (χ3n) is 4.46. The Morgan fingerprint density at radius 2 is 1.90 bits per heavy atom. The van der Waals surface area contributed by atoms with E-state index in [1.807, 2.05) is 24.3 Å². The fourth-order valence-electron chi connectivity index (χ4n) is 2.24. The van der Waals surface area contributed by atoms with Crippen LogP contribution in [0.3, 0.4) is 0 Å². The maximum Gasteiger partial charge on any atom is 0.487 e. The molecule has 1 saturated carbocycles. The SMILES string of the molecule is CC1(C)OB(/C=C/c2cccnc2NC2CC2)OC1(C)C. The molecule has 2 aliphatic rings. The second kappa shape index (κ2) is 5.14. The van der Waals surface area contributed by atoms with Gasteiger partial charge >= 0.3 is 7.12 Å². The fraction of sp³-hybridized carbons (Fsp3) is 0.562. The molecule has 5 heteroatoms. The molecule has 4 nitrogen and oxygen atoms in total. The average Bonchev–Trinajstić information content (AvgIpc) is 3.16. The minimum Gasteiger partial charge on any atom is -0.400 e. The molecular formula is C16H23BN2O2. The van der Waals surface area contributed by atoms with Gasteiger partial charge in [0.2, 0.25) is 0 Å². The van der Waals surface area contributed by atoms with E-state index in [-0.39, 0.29) is 18.3 Å². The Kier molecular flexibility index (Phi) is 3.58. The molecule has 1 saturated heterocycles. The molecule has 3 rings (SSSR count). The van der Waals surface area contributed by atoms with Gasteiger partial charge in [0.1, 0.15) is 5.82 Å². The van der Waals surface area contributed by atoms with Gasteiger partial charge in [-0.25, -0.2) is 4.98 Å². The summed E-state index contributed by atoms with van der Waals surface area (Å²) in [5, 5.41) is 3.45. The lowest BCUT2D eigenvalue weighted by Crippen LogP contribution is -2.41. The van der Waals surface area contributed by atoms with Gasteiger partial charge in [0.25, 0.3) is 0 Å². The van der Waals surface area contributed by atoms with Crippen LogP contribution in [0.1, 0.15) is 46.1 Å². The maximum absolute atomic E-state index is 5.97. The number of rotatable bonds is 4. The van der Waals surface area contributed by atoms with Gasteiger partial charge < -0.3 is 14.6 Å². The van der Waals surface area contributed by atoms with Gasteiger partial charge in [-0.3, -0.25) is 0 Å². The van der Waals surface area contributed by atoms with Gasteiger partial charge in [-0.15, -0.1) is 0 Å². The molecule has 2 fully saturated rings. The maximum atomic E-state index is 5.97. The molecule has 0 amide bonds. The Morgan fingerprint density at radius 3 is 2.52 bits per heavy atom. The second-order valence-electron chi connectivity index (χ2n) is 6.84. The van der Waals surface area contributed by atoms with Gasteiger partial charge in [-0.2, -0.15) is 0 Å². The first-order valence-corrected chi connectivity index (χ1v) is 7.63. The van der Waals surface area contributed by atoms with Gasteiger partial charge in [0.05, 0.1) is 11.2 Å². The smallest absolute Gasteiger partial charge is 0.400 e. The van der Waals surface area contributed by atoms with Gasteiger partial charge in [-0.1, -0.05) is 12.1 Å². The molecule has 1 aliphatic heterocycles. The summed E-state index contributed by atoms with van der Waals surface area (Å²) >= 11 is 0. The number of nitrogens with zero attached hydrogens (tertiary/aromatic N) is 1. The van der Waals surface area contributed by atoms with Gasteiger partial charge in [0, 0.05) is 17.8 Å². The van der Waals surface area contributed by atoms with Crippen molar-refractivity contribution in [2.24, 2.45) is 0 Å². The monoisotopic (exact) mass is 286 g/mol. The number of pyridine rings is 1. The zero-order valence-corrected chi connectivity index (χ0v) is 13.2. The van der Waals surface area contributed by atoms with Crippen molar-refractivity contribution in [2.75, 3.05) is 5.32 Å². The first-order chi connectivity index (χ1) is 9.87. The summed E-state index contributed by atoms with van der Waals surface area (Å²) < 4.78 is 11.9. The molecule has 0 aromatic carbocycles. The van der Waals surface area contributed by atoms with Crippen molar-refractivity contribution in [1.29, 1.82) is 0 Å². The molecule has 1 aromatic rings. The second-order valence-corrected chi connectivity index (χ2v) is 6.84. The van der Waals surface area contributed by atoms with Crippen molar-refractivity contribution >= 4 is 19.0 Å². The summed E-state index contributed by atoms with van der Waals surface area (Å²) in [6, 6.07) is 4.59. The summed E-state index contributed by atoms with van der Waals surface area (Å²) in [5.74, 6) is 2.90. The number of aromatic nitrogens is 1. The summed E-state index contributed by atoms with van der Waals surface area (Å²) in [6.07, 6.45) is 6.31. The molecule has 0 bridgehead atoms. The Labute approximate surface area is 127 Å². The summed E-state index contributed by atoms with van der Waals surface area (Å²) in [6.45, 7) is 8.24. The van der Waals surface area contributed by atoms with E-state index in [2.05, 4.69) is 44.1 Å². The normalized spacial score (nSPS) is 23.7. The van der Waals surface area contributed by atoms with Crippen LogP contribution in [-0.2, 0) is 9.31 Å². The molecule has 21 heavy (non-hydrogen) atoms. The van der Waals surface area contributed by atoms with Crippen molar-refractivity contribution in [1.82, 2.24) is 4.98 Å². The molecule has 0 atom stereocenters. The molecule has 0 unspecified atom stereocenters. The molecule has 1 N–H and O–H groups in total. The third-order valence-corrected chi connectivity index (χ3v) is 4.46. The highest BCUT2D eigenvalue weighted by molar-refractivity contribution is 6.52. The summed E-state index contributed by atoms with van der Waals surface area (Å²) in [7, 11) is -0.316. The van der Waals surface area contributed by atoms with Crippen molar-refractivity contribution in [3.05, 3.63) is 29.9 Å². The zero-order chi connectivity index (χ0) is 15.1. The minimum absolute atomic E-state index is 0.300. The molecule has 0 spiro atoms. The fourth-order valence-corrected chi connectivity index (χ4v) is 2.24. The van der Waals surface area contributed by atoms with Crippen LogP contribution in [-0.4, -0.2) is 29.3 Å². The van der Waals surface area contributed by atoms with E-state index in [4.69, 9.17) is 9.31 Å². The molecule has 1 aliphatic carbocycles. The van der Waals surface area contributed by atoms with Crippen LogP contribution in [0, 0.1) is 0 Å². The number of anilines is 1. The Hall–Kier alpha value is -1.33. The lowest BCUT2D eigenvalue weighted by molar-refractivity contribution is 0.00578. The Balaban J connectivity index is 1.72. The Bertz CT molecular complexity index is 537. The van der Waals surface area contributed by atoms with E-state index in [0.717, 1.165) is 11.4 Å². The van der Waals surface area contributed by atoms with Crippen LogP contribution in [0.15, 0.2) is 24.3 Å². The summed E-state index contributed by atoms with van der Waals surface area (Å²) in [4.78, 5) is 4.42. The first kappa shape index (κ1) is 14.6. The zero-order valence-electron chi connectivity index (χ0n) is 13.2. The van der Waals surface area contributed by atoms with Crippen molar-refractivity contribution in [3.8, 4) is 0 Å². The van der Waals surface area contributed by atoms with E-state index in [0.29, 0.717) is 6.04 Å². The van der Waals surface area contributed by atoms with Crippen LogP contribution in [0.4, 0.5) is 5.82 Å². The standard InChI is InChI=1S/C16H23BN2O2/c1-15(2)16(3,4)21-17(20-15)10-9-12-6-5-11-18-14(12)19-13-7-8-13/h5-6,9-11,13H,7-8H2,1-4H3,(H,18,19)/b10-9+. The quantitative estimate of drug-likeness (QED) is 0.862. The topological polar surface area (TPSA) is 43.4 Å². The summed E-state index contributed by atoms with van der Waals surface area (Å²) in [5.41, 5.74) is 0.469. The predicted molar refractivity (Wildman–Crippen MR) is 86.0 cm³/mol. The average molecular weight is 286 g/mol. The van der Waals surface area contributed by atoms with E-state index >= 15 is 0 Å². The van der Waals surface area contributed by atoms with E-state index in [1.165, 1.54) is 12.8 Å². The lowest BCUT2D eigenvalue weighted by Gasteiger charge is -2.32. The van der Waals surface area contributed by atoms with Crippen LogP contribution < -0.4 is 5.32 Å². The van der Waals surface area contributed by atoms with Crippen molar-refractivity contribution in [2.45, 2.75) is 57.8 Å². The van der Waals surface area contributed by atoms with Gasteiger partial charge in [0.15, 0.2) is 0 Å². The largest absolute Gasteiger partial charge is 0.487 e. The van der Waals surface area contributed by atoms with Crippen LogP contribution in [0.25, 0.3) is 6.08 Å². The first-order valence-electron chi connectivity index (χ1n) is 7.63.